The number of halogens is 4. The first-order chi connectivity index (χ1) is 12.4. The average Bonchev–Trinajstić information content (AvgIpc) is 3.06. The summed E-state index contributed by atoms with van der Waals surface area (Å²) in [4.78, 5) is 17.3. The number of amides is 1. The largest absolute Gasteiger partial charge is 0.435 e. The van der Waals surface area contributed by atoms with Gasteiger partial charge in [-0.25, -0.2) is 4.39 Å². The minimum absolute atomic E-state index is 0.0325. The van der Waals surface area contributed by atoms with Crippen molar-refractivity contribution in [3.8, 4) is 5.75 Å². The molecule has 0 radical (unpaired) electrons. The van der Waals surface area contributed by atoms with Gasteiger partial charge in [0.1, 0.15) is 11.6 Å². The first-order valence-electron chi connectivity index (χ1n) is 7.47. The number of nitrogens with zero attached hydrogens (tertiary/aromatic N) is 1. The number of alkyl halides is 2. The molecule has 5 nitrogen and oxygen atoms in total. The zero-order chi connectivity index (χ0) is 18.7. The van der Waals surface area contributed by atoms with E-state index in [0.29, 0.717) is 5.69 Å². The van der Waals surface area contributed by atoms with Gasteiger partial charge in [-0.1, -0.05) is 22.8 Å². The Kier molecular flexibility index (Phi) is 5.32. The molecule has 1 unspecified atom stereocenters. The van der Waals surface area contributed by atoms with Crippen LogP contribution in [0.3, 0.4) is 0 Å². The Morgan fingerprint density at radius 3 is 2.65 bits per heavy atom. The van der Waals surface area contributed by atoms with Crippen LogP contribution in [0.25, 0.3) is 0 Å². The van der Waals surface area contributed by atoms with Crippen LogP contribution in [0.15, 0.2) is 47.6 Å². The SMILES string of the molecule is O=C(Nc1ccc(OC(F)F)cc1)C1CC(c2c(F)cccc2Cl)=NO1. The number of oxime groups is 1. The third-order valence-electron chi connectivity index (χ3n) is 3.56. The van der Waals surface area contributed by atoms with Crippen molar-refractivity contribution in [2.45, 2.75) is 19.1 Å². The number of anilines is 1. The molecule has 1 amide bonds. The third-order valence-corrected chi connectivity index (χ3v) is 3.87. The molecule has 136 valence electrons. The highest BCUT2D eigenvalue weighted by Gasteiger charge is 2.31. The summed E-state index contributed by atoms with van der Waals surface area (Å²) >= 11 is 5.98. The molecule has 0 bridgehead atoms. The van der Waals surface area contributed by atoms with Gasteiger partial charge in [0.25, 0.3) is 5.91 Å². The van der Waals surface area contributed by atoms with Crippen LogP contribution in [0.4, 0.5) is 18.9 Å². The smallest absolute Gasteiger partial charge is 0.387 e. The van der Waals surface area contributed by atoms with Crippen LogP contribution < -0.4 is 10.1 Å². The van der Waals surface area contributed by atoms with Gasteiger partial charge in [0.15, 0.2) is 0 Å². The lowest BCUT2D eigenvalue weighted by Crippen LogP contribution is -2.28. The zero-order valence-corrected chi connectivity index (χ0v) is 13.8. The Bertz CT molecular complexity index is 823. The van der Waals surface area contributed by atoms with Crippen molar-refractivity contribution in [3.05, 3.63) is 58.9 Å². The maximum absolute atomic E-state index is 13.9. The van der Waals surface area contributed by atoms with Crippen LogP contribution in [-0.4, -0.2) is 24.3 Å². The van der Waals surface area contributed by atoms with Crippen molar-refractivity contribution >= 4 is 28.9 Å². The molecule has 0 saturated carbocycles. The van der Waals surface area contributed by atoms with Gasteiger partial charge in [-0.2, -0.15) is 8.78 Å². The van der Waals surface area contributed by atoms with Crippen molar-refractivity contribution in [2.24, 2.45) is 5.16 Å². The van der Waals surface area contributed by atoms with Crippen LogP contribution >= 0.6 is 11.6 Å². The maximum atomic E-state index is 13.9. The Morgan fingerprint density at radius 2 is 2.00 bits per heavy atom. The summed E-state index contributed by atoms with van der Waals surface area (Å²) in [6.45, 7) is -2.93. The first-order valence-corrected chi connectivity index (χ1v) is 7.84. The Hall–Kier alpha value is -2.74. The fourth-order valence-electron chi connectivity index (χ4n) is 2.38. The van der Waals surface area contributed by atoms with Gasteiger partial charge >= 0.3 is 6.61 Å². The van der Waals surface area contributed by atoms with E-state index >= 15 is 0 Å². The second-order valence-corrected chi connectivity index (χ2v) is 5.73. The van der Waals surface area contributed by atoms with Crippen molar-refractivity contribution in [1.82, 2.24) is 0 Å². The predicted octanol–water partition coefficient (Wildman–Crippen LogP) is 4.21. The summed E-state index contributed by atoms with van der Waals surface area (Å²) in [7, 11) is 0. The number of carbonyl (C=O) groups excluding carboxylic acids is 1. The molecular weight excluding hydrogens is 373 g/mol. The molecule has 1 atom stereocenters. The highest BCUT2D eigenvalue weighted by atomic mass is 35.5. The highest BCUT2D eigenvalue weighted by molar-refractivity contribution is 6.34. The van der Waals surface area contributed by atoms with Crippen molar-refractivity contribution in [1.29, 1.82) is 0 Å². The summed E-state index contributed by atoms with van der Waals surface area (Å²) in [6.07, 6.45) is -0.920. The van der Waals surface area contributed by atoms with Crippen LogP contribution in [0.1, 0.15) is 12.0 Å². The Labute approximate surface area is 151 Å². The van der Waals surface area contributed by atoms with Crippen LogP contribution in [-0.2, 0) is 9.63 Å². The van der Waals surface area contributed by atoms with Crippen molar-refractivity contribution in [2.75, 3.05) is 5.32 Å². The fraction of sp³-hybridized carbons (Fsp3) is 0.176. The van der Waals surface area contributed by atoms with Gasteiger partial charge < -0.3 is 14.9 Å². The molecule has 0 aliphatic carbocycles. The molecule has 26 heavy (non-hydrogen) atoms. The number of ether oxygens (including phenoxy) is 1. The lowest BCUT2D eigenvalue weighted by molar-refractivity contribution is -0.125. The van der Waals surface area contributed by atoms with E-state index in [9.17, 15) is 18.0 Å². The van der Waals surface area contributed by atoms with E-state index < -0.39 is 24.4 Å². The molecular formula is C17H12ClF3N2O3. The predicted molar refractivity (Wildman–Crippen MR) is 89.1 cm³/mol. The van der Waals surface area contributed by atoms with Gasteiger partial charge in [-0.3, -0.25) is 4.79 Å². The summed E-state index contributed by atoms with van der Waals surface area (Å²) in [6, 6.07) is 9.60. The van der Waals surface area contributed by atoms with E-state index in [1.54, 1.807) is 0 Å². The van der Waals surface area contributed by atoms with E-state index in [-0.39, 0.29) is 28.5 Å². The standard InChI is InChI=1S/C17H12ClF3N2O3/c18-11-2-1-3-12(19)15(11)13-8-14(26-23-13)16(24)22-9-4-6-10(7-5-9)25-17(20)21/h1-7,14,17H,8H2,(H,22,24). The molecule has 1 aliphatic heterocycles. The number of carbonyl (C=O) groups is 1. The molecule has 1 N–H and O–H groups in total. The number of nitrogens with one attached hydrogen (secondary N) is 1. The van der Waals surface area contributed by atoms with Gasteiger partial charge in [0, 0.05) is 12.1 Å². The molecule has 0 fully saturated rings. The molecule has 0 saturated heterocycles. The van der Waals surface area contributed by atoms with Gasteiger partial charge in [0.05, 0.1) is 16.3 Å². The fourth-order valence-corrected chi connectivity index (χ4v) is 2.65. The molecule has 3 rings (SSSR count). The van der Waals surface area contributed by atoms with Gasteiger partial charge in [-0.15, -0.1) is 0 Å². The van der Waals surface area contributed by atoms with Crippen LogP contribution in [0.2, 0.25) is 5.02 Å². The lowest BCUT2D eigenvalue weighted by Gasteiger charge is -2.10. The molecule has 0 aromatic heterocycles. The van der Waals surface area contributed by atoms with E-state index in [1.165, 1.54) is 42.5 Å². The molecule has 1 aliphatic rings. The second kappa shape index (κ2) is 7.65. The van der Waals surface area contributed by atoms with E-state index in [2.05, 4.69) is 15.2 Å². The third kappa shape index (κ3) is 4.08. The lowest BCUT2D eigenvalue weighted by atomic mass is 10.0. The van der Waals surface area contributed by atoms with Crippen molar-refractivity contribution in [3.63, 3.8) is 0 Å². The number of rotatable bonds is 5. The molecule has 9 heteroatoms. The van der Waals surface area contributed by atoms with Gasteiger partial charge in [-0.05, 0) is 36.4 Å². The number of hydrogen-bond donors (Lipinski definition) is 1. The highest BCUT2D eigenvalue weighted by Crippen LogP contribution is 2.26. The number of hydrogen-bond acceptors (Lipinski definition) is 4. The average molecular weight is 385 g/mol. The quantitative estimate of drug-likeness (QED) is 0.840. The topological polar surface area (TPSA) is 59.9 Å². The van der Waals surface area contributed by atoms with E-state index in [1.807, 2.05) is 0 Å². The van der Waals surface area contributed by atoms with Crippen LogP contribution in [0.5, 0.6) is 5.75 Å². The minimum Gasteiger partial charge on any atom is -0.435 e. The Balaban J connectivity index is 1.62. The Morgan fingerprint density at radius 1 is 1.27 bits per heavy atom. The van der Waals surface area contributed by atoms with Crippen molar-refractivity contribution < 1.29 is 27.5 Å². The molecule has 2 aromatic carbocycles. The molecule has 2 aromatic rings. The first kappa shape index (κ1) is 18.1. The molecule has 0 spiro atoms. The summed E-state index contributed by atoms with van der Waals surface area (Å²) < 4.78 is 42.4. The van der Waals surface area contributed by atoms with E-state index in [4.69, 9.17) is 16.4 Å². The van der Waals surface area contributed by atoms with Crippen LogP contribution in [0, 0.1) is 5.82 Å². The maximum Gasteiger partial charge on any atom is 0.387 e. The second-order valence-electron chi connectivity index (χ2n) is 5.32. The summed E-state index contributed by atoms with van der Waals surface area (Å²) in [5, 5.41) is 6.47. The summed E-state index contributed by atoms with van der Waals surface area (Å²) in [5.41, 5.74) is 0.685. The zero-order valence-electron chi connectivity index (χ0n) is 13.1. The summed E-state index contributed by atoms with van der Waals surface area (Å²) in [5.74, 6) is -1.11. The molecule has 1 heterocycles. The van der Waals surface area contributed by atoms with Gasteiger partial charge in [0.2, 0.25) is 6.10 Å². The normalized spacial score (nSPS) is 16.2. The van der Waals surface area contributed by atoms with E-state index in [0.717, 1.165) is 0 Å². The monoisotopic (exact) mass is 384 g/mol. The number of benzene rings is 2. The minimum atomic E-state index is -2.93.